The fourth-order valence-electron chi connectivity index (χ4n) is 4.44. The topological polar surface area (TPSA) is 24.5 Å². The average Bonchev–Trinajstić information content (AvgIpc) is 2.44. The van der Waals surface area contributed by atoms with Crippen molar-refractivity contribution in [2.75, 3.05) is 26.3 Å². The van der Waals surface area contributed by atoms with Gasteiger partial charge in [0.25, 0.3) is 0 Å². The molecule has 0 aromatic heterocycles. The van der Waals surface area contributed by atoms with Crippen molar-refractivity contribution >= 4 is 0 Å². The molecule has 3 heteroatoms. The Balaban J connectivity index is 1.75. The van der Waals surface area contributed by atoms with Crippen molar-refractivity contribution in [3.05, 3.63) is 0 Å². The van der Waals surface area contributed by atoms with Crippen molar-refractivity contribution in [1.29, 1.82) is 0 Å². The zero-order valence-electron chi connectivity index (χ0n) is 12.7. The number of hydrogen-bond acceptors (Lipinski definition) is 3. The second kappa shape index (κ2) is 5.34. The smallest absolute Gasteiger partial charge is 0.0647 e. The highest BCUT2D eigenvalue weighted by molar-refractivity contribution is 5.04. The summed E-state index contributed by atoms with van der Waals surface area (Å²) >= 11 is 0. The van der Waals surface area contributed by atoms with Gasteiger partial charge in [0.15, 0.2) is 0 Å². The van der Waals surface area contributed by atoms with E-state index < -0.39 is 0 Å². The fourth-order valence-corrected chi connectivity index (χ4v) is 4.44. The van der Waals surface area contributed by atoms with Gasteiger partial charge in [-0.3, -0.25) is 4.90 Å². The van der Waals surface area contributed by atoms with Gasteiger partial charge in [-0.05, 0) is 39.5 Å². The molecule has 19 heavy (non-hydrogen) atoms. The van der Waals surface area contributed by atoms with E-state index in [9.17, 15) is 0 Å². The van der Waals surface area contributed by atoms with Crippen LogP contribution in [0.5, 0.6) is 0 Å². The van der Waals surface area contributed by atoms with Crippen LogP contribution in [0, 0.1) is 0 Å². The molecule has 1 aliphatic carbocycles. The van der Waals surface area contributed by atoms with Gasteiger partial charge in [-0.15, -0.1) is 0 Å². The van der Waals surface area contributed by atoms with Gasteiger partial charge in [0.05, 0.1) is 6.61 Å². The van der Waals surface area contributed by atoms with Crippen LogP contribution in [0.3, 0.4) is 0 Å². The number of nitrogens with zero attached hydrogens (tertiary/aromatic N) is 1. The lowest BCUT2D eigenvalue weighted by molar-refractivity contribution is -0.0840. The lowest BCUT2D eigenvalue weighted by Crippen LogP contribution is -2.70. The molecule has 1 saturated carbocycles. The molecule has 3 rings (SSSR count). The molecule has 3 fully saturated rings. The molecule has 0 bridgehead atoms. The van der Waals surface area contributed by atoms with Crippen LogP contribution in [0.25, 0.3) is 0 Å². The molecule has 3 nitrogen and oxygen atoms in total. The fraction of sp³-hybridized carbons (Fsp3) is 1.00. The maximum atomic E-state index is 5.80. The highest BCUT2D eigenvalue weighted by Gasteiger charge is 2.45. The molecule has 0 amide bonds. The van der Waals surface area contributed by atoms with E-state index >= 15 is 0 Å². The number of hydrogen-bond donors (Lipinski definition) is 1. The predicted molar refractivity (Wildman–Crippen MR) is 78.4 cm³/mol. The molecule has 3 aliphatic rings. The summed E-state index contributed by atoms with van der Waals surface area (Å²) in [5.74, 6) is 0. The highest BCUT2D eigenvalue weighted by atomic mass is 16.5. The molecule has 2 saturated heterocycles. The molecule has 2 aliphatic heterocycles. The lowest BCUT2D eigenvalue weighted by Gasteiger charge is -2.55. The van der Waals surface area contributed by atoms with Gasteiger partial charge in [-0.1, -0.05) is 19.3 Å². The first-order chi connectivity index (χ1) is 9.14. The second-order valence-electron chi connectivity index (χ2n) is 7.35. The largest absolute Gasteiger partial charge is 0.380 e. The summed E-state index contributed by atoms with van der Waals surface area (Å²) in [6, 6.07) is 0.638. The van der Waals surface area contributed by atoms with Gasteiger partial charge >= 0.3 is 0 Å². The summed E-state index contributed by atoms with van der Waals surface area (Å²) in [6.07, 6.45) is 9.50. The van der Waals surface area contributed by atoms with E-state index in [0.717, 1.165) is 19.8 Å². The van der Waals surface area contributed by atoms with Crippen molar-refractivity contribution in [3.63, 3.8) is 0 Å². The molecule has 2 atom stereocenters. The molecule has 0 radical (unpaired) electrons. The monoisotopic (exact) mass is 266 g/mol. The third kappa shape index (κ3) is 2.70. The number of ether oxygens (including phenoxy) is 1. The molecular formula is C16H30N2O. The van der Waals surface area contributed by atoms with Gasteiger partial charge < -0.3 is 10.1 Å². The van der Waals surface area contributed by atoms with E-state index in [2.05, 4.69) is 24.1 Å². The van der Waals surface area contributed by atoms with Crippen LogP contribution < -0.4 is 5.32 Å². The van der Waals surface area contributed by atoms with Crippen LogP contribution in [0.2, 0.25) is 0 Å². The quantitative estimate of drug-likeness (QED) is 0.789. The highest BCUT2D eigenvalue weighted by Crippen LogP contribution is 2.36. The summed E-state index contributed by atoms with van der Waals surface area (Å²) in [6.45, 7) is 9.06. The Kier molecular flexibility index (Phi) is 3.89. The number of nitrogens with one attached hydrogen (secondary N) is 1. The Morgan fingerprint density at radius 2 is 1.89 bits per heavy atom. The Labute approximate surface area is 118 Å². The molecule has 0 aromatic rings. The van der Waals surface area contributed by atoms with Gasteiger partial charge in [0, 0.05) is 36.8 Å². The van der Waals surface area contributed by atoms with E-state index in [1.165, 1.54) is 51.5 Å². The van der Waals surface area contributed by atoms with Crippen LogP contribution in [0.4, 0.5) is 0 Å². The maximum absolute atomic E-state index is 5.80. The summed E-state index contributed by atoms with van der Waals surface area (Å²) in [7, 11) is 0. The minimum absolute atomic E-state index is 0.268. The Hall–Kier alpha value is -0.120. The molecule has 1 N–H and O–H groups in total. The Bertz CT molecular complexity index is 306. The van der Waals surface area contributed by atoms with Crippen molar-refractivity contribution in [2.24, 2.45) is 0 Å². The lowest BCUT2D eigenvalue weighted by atomic mass is 9.77. The van der Waals surface area contributed by atoms with E-state index in [1.807, 2.05) is 0 Å². The molecule has 0 aromatic carbocycles. The Morgan fingerprint density at radius 3 is 2.58 bits per heavy atom. The van der Waals surface area contributed by atoms with Gasteiger partial charge in [0.1, 0.15) is 0 Å². The van der Waals surface area contributed by atoms with Crippen LogP contribution in [0.1, 0.15) is 58.8 Å². The first kappa shape index (κ1) is 13.8. The van der Waals surface area contributed by atoms with E-state index in [-0.39, 0.29) is 5.54 Å². The summed E-state index contributed by atoms with van der Waals surface area (Å²) in [5.41, 5.74) is 0.676. The summed E-state index contributed by atoms with van der Waals surface area (Å²) in [5, 5.41) is 3.89. The Morgan fingerprint density at radius 1 is 1.11 bits per heavy atom. The normalized spacial score (nSPS) is 40.4. The average molecular weight is 266 g/mol. The van der Waals surface area contributed by atoms with Crippen molar-refractivity contribution in [1.82, 2.24) is 10.2 Å². The maximum Gasteiger partial charge on any atom is 0.0647 e. The van der Waals surface area contributed by atoms with Gasteiger partial charge in [-0.2, -0.15) is 0 Å². The van der Waals surface area contributed by atoms with Crippen LogP contribution in [0.15, 0.2) is 0 Å². The summed E-state index contributed by atoms with van der Waals surface area (Å²) < 4.78 is 5.80. The van der Waals surface area contributed by atoms with Crippen molar-refractivity contribution in [2.45, 2.75) is 75.9 Å². The molecular weight excluding hydrogens is 236 g/mol. The number of piperazine rings is 1. The van der Waals surface area contributed by atoms with E-state index in [0.29, 0.717) is 11.6 Å². The molecule has 2 heterocycles. The first-order valence-electron chi connectivity index (χ1n) is 8.23. The van der Waals surface area contributed by atoms with E-state index in [1.54, 1.807) is 0 Å². The third-order valence-electron chi connectivity index (χ3n) is 5.70. The standard InChI is InChI=1S/C16H30N2O/c1-14-11-17-16(8-4-3-5-9-16)12-18(14)15(2)7-6-10-19-13-15/h14,17H,3-13H2,1-2H3. The van der Waals surface area contributed by atoms with Crippen molar-refractivity contribution < 1.29 is 4.74 Å². The predicted octanol–water partition coefficient (Wildman–Crippen LogP) is 2.55. The number of rotatable bonds is 1. The minimum atomic E-state index is 0.268. The van der Waals surface area contributed by atoms with Crippen LogP contribution in [-0.2, 0) is 4.74 Å². The zero-order valence-corrected chi connectivity index (χ0v) is 12.7. The molecule has 110 valence electrons. The zero-order chi connectivity index (χ0) is 13.3. The SMILES string of the molecule is CC1CNC2(CCCCC2)CN1C1(C)CCCOC1. The molecule has 2 unspecified atom stereocenters. The molecule has 1 spiro atoms. The summed E-state index contributed by atoms with van der Waals surface area (Å²) in [4.78, 5) is 2.77. The van der Waals surface area contributed by atoms with Gasteiger partial charge in [-0.25, -0.2) is 0 Å². The van der Waals surface area contributed by atoms with Crippen LogP contribution >= 0.6 is 0 Å². The minimum Gasteiger partial charge on any atom is -0.380 e. The second-order valence-corrected chi connectivity index (χ2v) is 7.35. The van der Waals surface area contributed by atoms with Crippen LogP contribution in [-0.4, -0.2) is 48.3 Å². The van der Waals surface area contributed by atoms with E-state index in [4.69, 9.17) is 4.74 Å². The van der Waals surface area contributed by atoms with Gasteiger partial charge in [0.2, 0.25) is 0 Å². The first-order valence-corrected chi connectivity index (χ1v) is 8.23. The van der Waals surface area contributed by atoms with Crippen molar-refractivity contribution in [3.8, 4) is 0 Å². The third-order valence-corrected chi connectivity index (χ3v) is 5.70.